The van der Waals surface area contributed by atoms with Gasteiger partial charge in [-0.2, -0.15) is 5.10 Å². The van der Waals surface area contributed by atoms with Crippen molar-refractivity contribution in [3.63, 3.8) is 0 Å². The van der Waals surface area contributed by atoms with Crippen molar-refractivity contribution >= 4 is 17.0 Å². The molecule has 0 spiro atoms. The van der Waals surface area contributed by atoms with Gasteiger partial charge in [-0.25, -0.2) is 4.52 Å². The molecule has 0 unspecified atom stereocenters. The molecule has 0 N–H and O–H groups in total. The van der Waals surface area contributed by atoms with Crippen LogP contribution in [0.1, 0.15) is 41.0 Å². The zero-order valence-electron chi connectivity index (χ0n) is 13.4. The van der Waals surface area contributed by atoms with E-state index in [2.05, 4.69) is 5.10 Å². The fraction of sp³-hybridized carbons (Fsp3) is 0.211. The Hall–Kier alpha value is -2.75. The van der Waals surface area contributed by atoms with Crippen LogP contribution in [0.5, 0.6) is 0 Å². The maximum Gasteiger partial charge on any atom is 0.190 e. The van der Waals surface area contributed by atoms with Crippen LogP contribution in [0.25, 0.3) is 5.52 Å². The van der Waals surface area contributed by atoms with Crippen molar-refractivity contribution in [2.24, 2.45) is 4.99 Å². The van der Waals surface area contributed by atoms with Crippen molar-refractivity contribution in [2.45, 2.75) is 26.3 Å². The van der Waals surface area contributed by atoms with E-state index in [-0.39, 0.29) is 5.78 Å². The summed E-state index contributed by atoms with van der Waals surface area (Å²) in [6.07, 6.45) is 1.84. The largest absolute Gasteiger partial charge is 0.291 e. The van der Waals surface area contributed by atoms with Crippen LogP contribution in [-0.4, -0.2) is 26.6 Å². The lowest BCUT2D eigenvalue weighted by molar-refractivity contribution is 0.0912. The van der Waals surface area contributed by atoms with Gasteiger partial charge >= 0.3 is 0 Å². The van der Waals surface area contributed by atoms with E-state index in [0.717, 1.165) is 33.6 Å². The lowest BCUT2D eigenvalue weighted by atomic mass is 9.84. The van der Waals surface area contributed by atoms with Gasteiger partial charge in [0.1, 0.15) is 5.54 Å². The van der Waals surface area contributed by atoms with E-state index < -0.39 is 5.54 Å². The van der Waals surface area contributed by atoms with Gasteiger partial charge in [0, 0.05) is 22.4 Å². The number of aryl methyl sites for hydroxylation is 1. The number of carbonyl (C=O) groups is 1. The molecule has 0 amide bonds. The number of hydrogen-bond donors (Lipinski definition) is 0. The van der Waals surface area contributed by atoms with Gasteiger partial charge in [0.15, 0.2) is 5.78 Å². The van der Waals surface area contributed by atoms with Crippen LogP contribution in [0.15, 0.2) is 53.7 Å². The number of nitrogens with zero attached hydrogens (tertiary/aromatic N) is 3. The third-order valence-electron chi connectivity index (χ3n) is 4.36. The zero-order chi connectivity index (χ0) is 16.2. The van der Waals surface area contributed by atoms with Crippen molar-refractivity contribution in [2.75, 3.05) is 0 Å². The molecule has 23 heavy (non-hydrogen) atoms. The highest BCUT2D eigenvalue weighted by Crippen LogP contribution is 2.30. The molecule has 3 heterocycles. The molecular formula is C19H17N3O. The number of Topliss-reactive ketones (excluding diaryl/α,β-unsaturated/α-hetero) is 1. The Kier molecular flexibility index (Phi) is 2.79. The summed E-state index contributed by atoms with van der Waals surface area (Å²) >= 11 is 0. The first-order valence-corrected chi connectivity index (χ1v) is 7.67. The third-order valence-corrected chi connectivity index (χ3v) is 4.36. The summed E-state index contributed by atoms with van der Waals surface area (Å²) in [6.45, 7) is 5.75. The number of aromatic nitrogens is 2. The van der Waals surface area contributed by atoms with Gasteiger partial charge in [-0.15, -0.1) is 0 Å². The quantitative estimate of drug-likeness (QED) is 0.691. The molecule has 1 aliphatic heterocycles. The van der Waals surface area contributed by atoms with Crippen LogP contribution in [-0.2, 0) is 0 Å². The molecule has 0 bridgehead atoms. The molecule has 0 saturated heterocycles. The minimum Gasteiger partial charge on any atom is -0.291 e. The summed E-state index contributed by atoms with van der Waals surface area (Å²) in [5.74, 6) is 0.0597. The van der Waals surface area contributed by atoms with Gasteiger partial charge in [-0.3, -0.25) is 9.79 Å². The molecule has 4 heteroatoms. The van der Waals surface area contributed by atoms with Gasteiger partial charge < -0.3 is 0 Å². The Morgan fingerprint density at radius 2 is 1.70 bits per heavy atom. The van der Waals surface area contributed by atoms with E-state index in [0.29, 0.717) is 0 Å². The van der Waals surface area contributed by atoms with Crippen LogP contribution >= 0.6 is 0 Å². The monoisotopic (exact) mass is 303 g/mol. The maximum absolute atomic E-state index is 12.6. The normalized spacial score (nSPS) is 16.3. The molecule has 4 nitrogen and oxygen atoms in total. The number of fused-ring (bicyclic) bond motifs is 2. The topological polar surface area (TPSA) is 46.7 Å². The summed E-state index contributed by atoms with van der Waals surface area (Å²) in [7, 11) is 0. The Labute approximate surface area is 134 Å². The van der Waals surface area contributed by atoms with E-state index in [1.165, 1.54) is 0 Å². The maximum atomic E-state index is 12.6. The predicted octanol–water partition coefficient (Wildman–Crippen LogP) is 3.46. The average molecular weight is 303 g/mol. The number of pyridine rings is 1. The molecule has 1 aromatic carbocycles. The van der Waals surface area contributed by atoms with Gasteiger partial charge in [0.2, 0.25) is 0 Å². The summed E-state index contributed by atoms with van der Waals surface area (Å²) in [5.41, 5.74) is 4.72. The highest BCUT2D eigenvalue weighted by atomic mass is 16.1. The average Bonchev–Trinajstić information content (AvgIpc) is 2.96. The van der Waals surface area contributed by atoms with Crippen LogP contribution in [0.4, 0.5) is 0 Å². The van der Waals surface area contributed by atoms with Crippen LogP contribution < -0.4 is 0 Å². The minimum absolute atomic E-state index is 0.0597. The standard InChI is InChI=1S/C19H17N3O/c1-12-7-6-10-16-15(11-20-22(12)16)17-13-8-4-5-9-14(13)18(23)19(2,3)21-17/h4-11H,1-3H3. The SMILES string of the molecule is Cc1cccc2c(C3=NC(C)(C)C(=O)c4ccccc43)cnn12. The molecule has 2 aromatic heterocycles. The summed E-state index contributed by atoms with van der Waals surface area (Å²) in [5, 5.41) is 4.48. The minimum atomic E-state index is -0.762. The lowest BCUT2D eigenvalue weighted by Gasteiger charge is -2.27. The molecule has 0 fully saturated rings. The smallest absolute Gasteiger partial charge is 0.190 e. The van der Waals surface area contributed by atoms with Gasteiger partial charge in [-0.1, -0.05) is 30.3 Å². The van der Waals surface area contributed by atoms with Gasteiger partial charge in [0.05, 0.1) is 17.4 Å². The Morgan fingerprint density at radius 1 is 0.957 bits per heavy atom. The number of benzene rings is 1. The zero-order valence-corrected chi connectivity index (χ0v) is 13.4. The Bertz CT molecular complexity index is 979. The second-order valence-corrected chi connectivity index (χ2v) is 6.42. The molecule has 114 valence electrons. The van der Waals surface area contributed by atoms with E-state index in [4.69, 9.17) is 4.99 Å². The van der Waals surface area contributed by atoms with E-state index in [1.54, 1.807) is 0 Å². The Morgan fingerprint density at radius 3 is 2.48 bits per heavy atom. The van der Waals surface area contributed by atoms with E-state index in [1.807, 2.05) is 73.9 Å². The highest BCUT2D eigenvalue weighted by molar-refractivity contribution is 6.25. The van der Waals surface area contributed by atoms with E-state index in [9.17, 15) is 4.79 Å². The molecule has 0 atom stereocenters. The Balaban J connectivity index is 2.04. The van der Waals surface area contributed by atoms with Crippen molar-refractivity contribution in [1.29, 1.82) is 0 Å². The summed E-state index contributed by atoms with van der Waals surface area (Å²) in [4.78, 5) is 17.4. The first kappa shape index (κ1) is 13.9. The first-order chi connectivity index (χ1) is 11.0. The molecular weight excluding hydrogens is 286 g/mol. The van der Waals surface area contributed by atoms with Crippen molar-refractivity contribution in [1.82, 2.24) is 9.61 Å². The van der Waals surface area contributed by atoms with Crippen molar-refractivity contribution < 1.29 is 4.79 Å². The number of hydrogen-bond acceptors (Lipinski definition) is 3. The fourth-order valence-electron chi connectivity index (χ4n) is 3.14. The lowest BCUT2D eigenvalue weighted by Crippen LogP contribution is -2.36. The highest BCUT2D eigenvalue weighted by Gasteiger charge is 2.36. The number of carbonyl (C=O) groups excluding carboxylic acids is 1. The summed E-state index contributed by atoms with van der Waals surface area (Å²) in [6, 6.07) is 13.7. The molecule has 0 saturated carbocycles. The molecule has 0 radical (unpaired) electrons. The first-order valence-electron chi connectivity index (χ1n) is 7.67. The molecule has 3 aromatic rings. The van der Waals surface area contributed by atoms with Gasteiger partial charge in [-0.05, 0) is 32.9 Å². The van der Waals surface area contributed by atoms with Crippen molar-refractivity contribution in [3.05, 3.63) is 71.0 Å². The van der Waals surface area contributed by atoms with Crippen molar-refractivity contribution in [3.8, 4) is 0 Å². The molecule has 1 aliphatic rings. The second kappa shape index (κ2) is 4.62. The van der Waals surface area contributed by atoms with E-state index >= 15 is 0 Å². The van der Waals surface area contributed by atoms with Crippen LogP contribution in [0.3, 0.4) is 0 Å². The molecule has 0 aliphatic carbocycles. The third kappa shape index (κ3) is 1.95. The number of aliphatic imine (C=N–C) groups is 1. The predicted molar refractivity (Wildman–Crippen MR) is 90.4 cm³/mol. The fourth-order valence-corrected chi connectivity index (χ4v) is 3.14. The van der Waals surface area contributed by atoms with Crippen LogP contribution in [0, 0.1) is 6.92 Å². The molecule has 4 rings (SSSR count). The number of ketones is 1. The van der Waals surface area contributed by atoms with Gasteiger partial charge in [0.25, 0.3) is 0 Å². The number of rotatable bonds is 1. The second-order valence-electron chi connectivity index (χ2n) is 6.42. The summed E-state index contributed by atoms with van der Waals surface area (Å²) < 4.78 is 1.91. The van der Waals surface area contributed by atoms with Crippen LogP contribution in [0.2, 0.25) is 0 Å².